The van der Waals surface area contributed by atoms with Crippen molar-refractivity contribution in [1.29, 1.82) is 0 Å². The fourth-order valence-electron chi connectivity index (χ4n) is 3.19. The first kappa shape index (κ1) is 18.3. The molecule has 0 aromatic heterocycles. The van der Waals surface area contributed by atoms with Gasteiger partial charge in [0.25, 0.3) is 5.91 Å². The van der Waals surface area contributed by atoms with Gasteiger partial charge in [-0.25, -0.2) is 0 Å². The van der Waals surface area contributed by atoms with E-state index in [2.05, 4.69) is 6.92 Å². The van der Waals surface area contributed by atoms with Gasteiger partial charge in [0.1, 0.15) is 18.1 Å². The van der Waals surface area contributed by atoms with Crippen LogP contribution in [-0.2, 0) is 6.61 Å². The van der Waals surface area contributed by atoms with E-state index in [-0.39, 0.29) is 5.91 Å². The molecule has 0 bridgehead atoms. The molecule has 1 aliphatic heterocycles. The lowest BCUT2D eigenvalue weighted by atomic mass is 9.98. The second-order valence-corrected chi connectivity index (χ2v) is 6.83. The van der Waals surface area contributed by atoms with Crippen LogP contribution in [-0.4, -0.2) is 30.5 Å². The molecule has 2 aromatic rings. The maximum atomic E-state index is 12.8. The molecule has 0 saturated carbocycles. The van der Waals surface area contributed by atoms with Crippen LogP contribution in [0.4, 0.5) is 0 Å². The first-order valence-corrected chi connectivity index (χ1v) is 9.40. The van der Waals surface area contributed by atoms with Gasteiger partial charge in [0.05, 0.1) is 6.61 Å². The number of ether oxygens (including phenoxy) is 2. The summed E-state index contributed by atoms with van der Waals surface area (Å²) in [7, 11) is 0. The zero-order valence-corrected chi connectivity index (χ0v) is 15.6. The number of nitrogens with zero attached hydrogens (tertiary/aromatic N) is 1. The minimum Gasteiger partial charge on any atom is -0.493 e. The molecule has 1 saturated heterocycles. The SMILES string of the molecule is CCOc1ccc(C(=O)N2CCC(C)CC2)cc1COc1ccccc1. The summed E-state index contributed by atoms with van der Waals surface area (Å²) in [5.41, 5.74) is 1.60. The number of benzene rings is 2. The summed E-state index contributed by atoms with van der Waals surface area (Å²) in [5, 5.41) is 0. The van der Waals surface area contributed by atoms with Crippen LogP contribution >= 0.6 is 0 Å². The smallest absolute Gasteiger partial charge is 0.253 e. The van der Waals surface area contributed by atoms with Crippen LogP contribution in [0.3, 0.4) is 0 Å². The predicted molar refractivity (Wildman–Crippen MR) is 103 cm³/mol. The Morgan fingerprint density at radius 2 is 1.81 bits per heavy atom. The van der Waals surface area contributed by atoms with Crippen molar-refractivity contribution in [3.05, 3.63) is 59.7 Å². The van der Waals surface area contributed by atoms with Crippen molar-refractivity contribution in [1.82, 2.24) is 4.90 Å². The highest BCUT2D eigenvalue weighted by atomic mass is 16.5. The molecule has 4 heteroatoms. The monoisotopic (exact) mass is 353 g/mol. The van der Waals surface area contributed by atoms with Crippen LogP contribution < -0.4 is 9.47 Å². The van der Waals surface area contributed by atoms with Crippen LogP contribution in [0.1, 0.15) is 42.6 Å². The average Bonchev–Trinajstić information content (AvgIpc) is 2.68. The molecule has 0 radical (unpaired) electrons. The van der Waals surface area contributed by atoms with Gasteiger partial charge in [-0.15, -0.1) is 0 Å². The van der Waals surface area contributed by atoms with Crippen LogP contribution in [0.15, 0.2) is 48.5 Å². The summed E-state index contributed by atoms with van der Waals surface area (Å²) < 4.78 is 11.6. The highest BCUT2D eigenvalue weighted by molar-refractivity contribution is 5.94. The molecule has 0 atom stereocenters. The second-order valence-electron chi connectivity index (χ2n) is 6.83. The lowest BCUT2D eigenvalue weighted by Crippen LogP contribution is -2.37. The van der Waals surface area contributed by atoms with Gasteiger partial charge in [0, 0.05) is 24.2 Å². The van der Waals surface area contributed by atoms with E-state index in [0.29, 0.717) is 24.7 Å². The normalized spacial score (nSPS) is 14.9. The van der Waals surface area contributed by atoms with Crippen molar-refractivity contribution in [3.63, 3.8) is 0 Å². The van der Waals surface area contributed by atoms with Gasteiger partial charge in [-0.2, -0.15) is 0 Å². The first-order valence-electron chi connectivity index (χ1n) is 9.40. The Morgan fingerprint density at radius 1 is 1.08 bits per heavy atom. The summed E-state index contributed by atoms with van der Waals surface area (Å²) in [6.07, 6.45) is 2.15. The topological polar surface area (TPSA) is 38.8 Å². The molecule has 2 aromatic carbocycles. The molecule has 0 aliphatic carbocycles. The van der Waals surface area contributed by atoms with Gasteiger partial charge >= 0.3 is 0 Å². The van der Waals surface area contributed by atoms with E-state index in [1.54, 1.807) is 0 Å². The Morgan fingerprint density at radius 3 is 2.50 bits per heavy atom. The van der Waals surface area contributed by atoms with E-state index in [0.717, 1.165) is 43.0 Å². The van der Waals surface area contributed by atoms with Crippen LogP contribution in [0.25, 0.3) is 0 Å². The molecule has 0 N–H and O–H groups in total. The molecule has 0 spiro atoms. The Hall–Kier alpha value is -2.49. The van der Waals surface area contributed by atoms with Crippen molar-refractivity contribution in [3.8, 4) is 11.5 Å². The summed E-state index contributed by atoms with van der Waals surface area (Å²) in [4.78, 5) is 14.8. The highest BCUT2D eigenvalue weighted by Gasteiger charge is 2.22. The number of likely N-dealkylation sites (tertiary alicyclic amines) is 1. The number of carbonyl (C=O) groups excluding carboxylic acids is 1. The van der Waals surface area contributed by atoms with E-state index in [9.17, 15) is 4.79 Å². The zero-order valence-electron chi connectivity index (χ0n) is 15.6. The van der Waals surface area contributed by atoms with Crippen LogP contribution in [0.5, 0.6) is 11.5 Å². The zero-order chi connectivity index (χ0) is 18.4. The van der Waals surface area contributed by atoms with E-state index in [1.165, 1.54) is 0 Å². The number of para-hydroxylation sites is 1. The third-order valence-electron chi connectivity index (χ3n) is 4.82. The minimum atomic E-state index is 0.0981. The lowest BCUT2D eigenvalue weighted by molar-refractivity contribution is 0.0697. The molecule has 1 aliphatic rings. The number of rotatable bonds is 6. The average molecular weight is 353 g/mol. The van der Waals surface area contributed by atoms with E-state index >= 15 is 0 Å². The molecule has 1 heterocycles. The quantitative estimate of drug-likeness (QED) is 0.765. The number of hydrogen-bond donors (Lipinski definition) is 0. The van der Waals surface area contributed by atoms with E-state index in [4.69, 9.17) is 9.47 Å². The lowest BCUT2D eigenvalue weighted by Gasteiger charge is -2.30. The Bertz CT molecular complexity index is 721. The standard InChI is InChI=1S/C22H27NO3/c1-3-25-21-10-9-18(22(24)23-13-11-17(2)12-14-23)15-19(21)16-26-20-7-5-4-6-8-20/h4-10,15,17H,3,11-14,16H2,1-2H3. The maximum Gasteiger partial charge on any atom is 0.253 e. The first-order chi connectivity index (χ1) is 12.7. The largest absolute Gasteiger partial charge is 0.493 e. The van der Waals surface area contributed by atoms with Gasteiger partial charge < -0.3 is 14.4 Å². The summed E-state index contributed by atoms with van der Waals surface area (Å²) in [6.45, 7) is 6.83. The molecule has 0 unspecified atom stereocenters. The van der Waals surface area contributed by atoms with Crippen LogP contribution in [0.2, 0.25) is 0 Å². The molecule has 138 valence electrons. The van der Waals surface area contributed by atoms with Crippen molar-refractivity contribution < 1.29 is 14.3 Å². The Balaban J connectivity index is 1.75. The fourth-order valence-corrected chi connectivity index (χ4v) is 3.19. The van der Waals surface area contributed by atoms with Gasteiger partial charge in [0.2, 0.25) is 0 Å². The summed E-state index contributed by atoms with van der Waals surface area (Å²) in [5.74, 6) is 2.37. The highest BCUT2D eigenvalue weighted by Crippen LogP contribution is 2.25. The van der Waals surface area contributed by atoms with Gasteiger partial charge in [0.15, 0.2) is 0 Å². The number of amides is 1. The molecular weight excluding hydrogens is 326 g/mol. The Labute approximate surface area is 155 Å². The van der Waals surface area contributed by atoms with Crippen molar-refractivity contribution in [2.45, 2.75) is 33.3 Å². The molecule has 1 amide bonds. The number of piperidine rings is 1. The third kappa shape index (κ3) is 4.57. The molecule has 1 fully saturated rings. The molecule has 26 heavy (non-hydrogen) atoms. The maximum absolute atomic E-state index is 12.8. The number of hydrogen-bond acceptors (Lipinski definition) is 3. The van der Waals surface area contributed by atoms with Crippen molar-refractivity contribution in [2.24, 2.45) is 5.92 Å². The molecular formula is C22H27NO3. The van der Waals surface area contributed by atoms with Gasteiger partial charge in [-0.1, -0.05) is 25.1 Å². The van der Waals surface area contributed by atoms with E-state index < -0.39 is 0 Å². The fraction of sp³-hybridized carbons (Fsp3) is 0.409. The second kappa shape index (κ2) is 8.75. The third-order valence-corrected chi connectivity index (χ3v) is 4.82. The van der Waals surface area contributed by atoms with Gasteiger partial charge in [-0.05, 0) is 56.0 Å². The van der Waals surface area contributed by atoms with Gasteiger partial charge in [-0.3, -0.25) is 4.79 Å². The van der Waals surface area contributed by atoms with E-state index in [1.807, 2.05) is 60.4 Å². The van der Waals surface area contributed by atoms with Crippen LogP contribution in [0, 0.1) is 5.92 Å². The minimum absolute atomic E-state index is 0.0981. The summed E-state index contributed by atoms with van der Waals surface area (Å²) >= 11 is 0. The molecule has 4 nitrogen and oxygen atoms in total. The number of carbonyl (C=O) groups is 1. The van der Waals surface area contributed by atoms with Crippen molar-refractivity contribution in [2.75, 3.05) is 19.7 Å². The Kier molecular flexibility index (Phi) is 6.16. The summed E-state index contributed by atoms with van der Waals surface area (Å²) in [6, 6.07) is 15.3. The van der Waals surface area contributed by atoms with Crippen molar-refractivity contribution >= 4 is 5.91 Å². The predicted octanol–water partition coefficient (Wildman–Crippen LogP) is 4.54. The molecule has 3 rings (SSSR count).